The molecular weight excluding hydrogens is 572 g/mol. The van der Waals surface area contributed by atoms with E-state index in [0.717, 1.165) is 9.80 Å². The van der Waals surface area contributed by atoms with Crippen molar-refractivity contribution in [1.29, 1.82) is 0 Å². The minimum absolute atomic E-state index is 0. The van der Waals surface area contributed by atoms with Gasteiger partial charge in [-0.3, -0.25) is 29.0 Å². The van der Waals surface area contributed by atoms with E-state index in [0.29, 0.717) is 0 Å². The van der Waals surface area contributed by atoms with Gasteiger partial charge in [0.25, 0.3) is 0 Å². The zero-order chi connectivity index (χ0) is 26.4. The van der Waals surface area contributed by atoms with Crippen molar-refractivity contribution in [1.82, 2.24) is 9.80 Å². The quantitative estimate of drug-likeness (QED) is 0.186. The Kier molecular flexibility index (Phi) is 34.9. The largest absolute Gasteiger partial charge is 3.00 e. The van der Waals surface area contributed by atoms with Crippen molar-refractivity contribution in [2.75, 3.05) is 39.3 Å². The third-order valence-electron chi connectivity index (χ3n) is 2.17. The van der Waals surface area contributed by atoms with E-state index in [9.17, 15) is 34.5 Å². The van der Waals surface area contributed by atoms with Crippen LogP contribution in [0.15, 0.2) is 0 Å². The van der Waals surface area contributed by atoms with E-state index in [-0.39, 0.29) is 54.8 Å². The number of hydrogen-bond acceptors (Lipinski definition) is 9. The molecule has 0 atom stereocenters. The standard InChI is InChI=1S/C10H16N2O8.3C3H7O.Ce/c13-7(14)3-11(4-8(15)16)1-2-12(5-9(17)18)6-10(19)20;3*1-3(2)4;/h1-6H2,(H,13,14)(H,15,16)(H,17,18)(H,19,20);3*3H,1-2H3;/q;3*-1;+3. The topological polar surface area (TPSA) is 225 Å². The van der Waals surface area contributed by atoms with Crippen molar-refractivity contribution >= 4 is 23.9 Å². The predicted molar refractivity (Wildman–Crippen MR) is 109 cm³/mol. The first-order valence-corrected chi connectivity index (χ1v) is 9.69. The van der Waals surface area contributed by atoms with Crippen LogP contribution in [0.25, 0.3) is 0 Å². The van der Waals surface area contributed by atoms with Gasteiger partial charge in [-0.15, -0.1) is 18.3 Å². The molecule has 0 aliphatic heterocycles. The van der Waals surface area contributed by atoms with Gasteiger partial charge in [0.2, 0.25) is 0 Å². The zero-order valence-electron chi connectivity index (χ0n) is 20.0. The van der Waals surface area contributed by atoms with Crippen LogP contribution in [0.3, 0.4) is 0 Å². The average molecular weight is 610 g/mol. The second-order valence-corrected chi connectivity index (χ2v) is 7.14. The van der Waals surface area contributed by atoms with E-state index in [4.69, 9.17) is 20.4 Å². The molecule has 4 N–H and O–H groups in total. The molecule has 0 saturated heterocycles. The van der Waals surface area contributed by atoms with Crippen LogP contribution >= 0.6 is 0 Å². The normalized spacial score (nSPS) is 9.76. The molecule has 193 valence electrons. The van der Waals surface area contributed by atoms with Crippen LogP contribution in [0.5, 0.6) is 0 Å². The van der Waals surface area contributed by atoms with Crippen LogP contribution in [-0.2, 0) is 19.2 Å². The number of carbonyl (C=O) groups is 4. The maximum Gasteiger partial charge on any atom is 3.00 e. The van der Waals surface area contributed by atoms with Gasteiger partial charge in [-0.25, -0.2) is 0 Å². The molecule has 0 heterocycles. The van der Waals surface area contributed by atoms with E-state index >= 15 is 0 Å². The molecule has 0 bridgehead atoms. The van der Waals surface area contributed by atoms with Gasteiger partial charge in [-0.2, -0.15) is 0 Å². The summed E-state index contributed by atoms with van der Waals surface area (Å²) < 4.78 is 0. The number of carboxylic acid groups (broad SMARTS) is 4. The van der Waals surface area contributed by atoms with Crippen molar-refractivity contribution in [3.63, 3.8) is 0 Å². The number of carboxylic acids is 4. The van der Waals surface area contributed by atoms with Gasteiger partial charge in [0.05, 0.1) is 26.2 Å². The van der Waals surface area contributed by atoms with Crippen LogP contribution in [0, 0.1) is 41.7 Å². The van der Waals surface area contributed by atoms with Crippen molar-refractivity contribution in [3.8, 4) is 0 Å². The third-order valence-corrected chi connectivity index (χ3v) is 2.17. The summed E-state index contributed by atoms with van der Waals surface area (Å²) in [4.78, 5) is 44.4. The molecule has 0 aromatic carbocycles. The Morgan fingerprint density at radius 2 is 0.667 bits per heavy atom. The van der Waals surface area contributed by atoms with Gasteiger partial charge in [0.1, 0.15) is 0 Å². The molecule has 0 aromatic heterocycles. The van der Waals surface area contributed by atoms with E-state index < -0.39 is 68.4 Å². The Morgan fingerprint density at radius 3 is 0.758 bits per heavy atom. The molecule has 0 rings (SSSR count). The molecule has 0 aliphatic carbocycles. The van der Waals surface area contributed by atoms with Gasteiger partial charge < -0.3 is 35.7 Å². The third kappa shape index (κ3) is 65.2. The number of aliphatic carboxylic acids is 4. The molecule has 0 unspecified atom stereocenters. The molecule has 0 spiro atoms. The summed E-state index contributed by atoms with van der Waals surface area (Å²) >= 11 is 0. The molecular formula is C19H37CeN2O11. The second kappa shape index (κ2) is 27.3. The molecule has 0 fully saturated rings. The van der Waals surface area contributed by atoms with Crippen molar-refractivity contribution in [2.24, 2.45) is 0 Å². The maximum absolute atomic E-state index is 10.6. The Morgan fingerprint density at radius 1 is 0.545 bits per heavy atom. The van der Waals surface area contributed by atoms with Crippen LogP contribution in [0.2, 0.25) is 0 Å². The first-order valence-electron chi connectivity index (χ1n) is 9.69. The van der Waals surface area contributed by atoms with Gasteiger partial charge in [-0.1, -0.05) is 41.5 Å². The van der Waals surface area contributed by atoms with E-state index in [1.807, 2.05) is 0 Å². The fourth-order valence-corrected chi connectivity index (χ4v) is 1.48. The maximum atomic E-state index is 10.6. The smallest absolute Gasteiger partial charge is 0.852 e. The first kappa shape index (κ1) is 42.2. The van der Waals surface area contributed by atoms with E-state index in [2.05, 4.69) is 0 Å². The summed E-state index contributed by atoms with van der Waals surface area (Å²) in [5.74, 6) is -4.91. The molecule has 0 aliphatic rings. The monoisotopic (exact) mass is 609 g/mol. The fraction of sp³-hybridized carbons (Fsp3) is 0.789. The van der Waals surface area contributed by atoms with Gasteiger partial charge in [0.15, 0.2) is 0 Å². The summed E-state index contributed by atoms with van der Waals surface area (Å²) in [5, 5.41) is 63.0. The van der Waals surface area contributed by atoms with Crippen molar-refractivity contribution in [3.05, 3.63) is 0 Å². The minimum Gasteiger partial charge on any atom is -0.852 e. The summed E-state index contributed by atoms with van der Waals surface area (Å²) in [6, 6.07) is 0. The van der Waals surface area contributed by atoms with Crippen molar-refractivity contribution < 1.29 is 96.7 Å². The van der Waals surface area contributed by atoms with Gasteiger partial charge >= 0.3 is 65.6 Å². The summed E-state index contributed by atoms with van der Waals surface area (Å²) in [5.41, 5.74) is 0. The van der Waals surface area contributed by atoms with Gasteiger partial charge in [0, 0.05) is 13.1 Å². The Hall–Kier alpha value is -0.943. The molecule has 0 saturated carbocycles. The van der Waals surface area contributed by atoms with E-state index in [1.165, 1.54) is 0 Å². The van der Waals surface area contributed by atoms with Crippen LogP contribution in [0.4, 0.5) is 0 Å². The molecule has 13 nitrogen and oxygen atoms in total. The summed E-state index contributed by atoms with van der Waals surface area (Å²) in [6.45, 7) is 7.42. The second-order valence-electron chi connectivity index (χ2n) is 7.14. The number of hydrogen-bond donors (Lipinski definition) is 4. The minimum atomic E-state index is -1.23. The van der Waals surface area contributed by atoms with Crippen LogP contribution in [-0.4, -0.2) is 112 Å². The average Bonchev–Trinajstić information content (AvgIpc) is 2.48. The number of rotatable bonds is 11. The molecule has 0 aromatic rings. The SMILES string of the molecule is CC(C)[O-].CC(C)[O-].CC(C)[O-].O=C(O)CN(CCN(CC(=O)O)CC(=O)O)CC(=O)O.[Ce+3]. The van der Waals surface area contributed by atoms with Gasteiger partial charge in [-0.05, 0) is 0 Å². The van der Waals surface area contributed by atoms with Crippen LogP contribution in [0.1, 0.15) is 41.5 Å². The number of nitrogens with zero attached hydrogens (tertiary/aromatic N) is 2. The Bertz CT molecular complexity index is 427. The predicted octanol–water partition coefficient (Wildman–Crippen LogP) is -2.81. The first-order chi connectivity index (χ1) is 14.4. The molecule has 1 radical (unpaired) electrons. The van der Waals surface area contributed by atoms with E-state index in [1.54, 1.807) is 41.5 Å². The summed E-state index contributed by atoms with van der Waals surface area (Å²) in [6.07, 6.45) is -1.25. The molecule has 14 heteroatoms. The Labute approximate surface area is 228 Å². The molecule has 33 heavy (non-hydrogen) atoms. The fourth-order valence-electron chi connectivity index (χ4n) is 1.48. The summed E-state index contributed by atoms with van der Waals surface area (Å²) in [7, 11) is 0. The van der Waals surface area contributed by atoms with Crippen LogP contribution < -0.4 is 15.3 Å². The van der Waals surface area contributed by atoms with Crippen molar-refractivity contribution in [2.45, 2.75) is 59.9 Å². The molecule has 0 amide bonds. The zero-order valence-corrected chi connectivity index (χ0v) is 23.2. The Balaban J connectivity index is -0.000000165.